The number of carbonyl (C=O) groups excluding carboxylic acids is 2. The number of carbonyl (C=O) groups is 2. The molecule has 1 atom stereocenters. The van der Waals surface area contributed by atoms with Gasteiger partial charge in [0.15, 0.2) is 5.75 Å². The number of likely N-dealkylation sites (tertiary alicyclic amines) is 1. The van der Waals surface area contributed by atoms with Crippen molar-refractivity contribution >= 4 is 30.7 Å². The number of hydrogen-bond acceptors (Lipinski definition) is 7. The highest BCUT2D eigenvalue weighted by atomic mass is 32.1. The molecule has 11 heteroatoms. The Kier molecular flexibility index (Phi) is 7.67. The maximum atomic E-state index is 13.8. The highest BCUT2D eigenvalue weighted by molar-refractivity contribution is 7.75. The Morgan fingerprint density at radius 1 is 1.05 bits per heavy atom. The van der Waals surface area contributed by atoms with Gasteiger partial charge in [-0.1, -0.05) is 13.0 Å². The zero-order chi connectivity index (χ0) is 28.6. The monoisotopic (exact) mass is 568 g/mol. The van der Waals surface area contributed by atoms with Crippen molar-refractivity contribution in [2.45, 2.75) is 44.7 Å². The Hall–Kier alpha value is -3.73. The molecule has 0 saturated carbocycles. The second kappa shape index (κ2) is 11.0. The van der Waals surface area contributed by atoms with Gasteiger partial charge in [0.1, 0.15) is 17.2 Å². The van der Waals surface area contributed by atoms with E-state index in [1.165, 1.54) is 0 Å². The van der Waals surface area contributed by atoms with Crippen LogP contribution in [-0.2, 0) is 6.54 Å². The van der Waals surface area contributed by atoms with Crippen LogP contribution in [0.15, 0.2) is 42.1 Å². The van der Waals surface area contributed by atoms with Crippen LogP contribution in [0.25, 0.3) is 0 Å². The SMILES string of the molecule is CCN1C(=O)N2Cc3cc(OC)cc(OC)c3[C@@H](C)C=C2C12CCN(C(=O)Nc1cc(OC)ccc1OS)CC2. The fraction of sp³-hybridized carbons (Fsp3) is 0.448. The van der Waals surface area contributed by atoms with Gasteiger partial charge in [-0.3, -0.25) is 4.90 Å². The van der Waals surface area contributed by atoms with Crippen LogP contribution in [0.2, 0.25) is 0 Å². The number of benzene rings is 2. The average Bonchev–Trinajstić information content (AvgIpc) is 3.07. The summed E-state index contributed by atoms with van der Waals surface area (Å²) in [4.78, 5) is 32.8. The Morgan fingerprint density at radius 3 is 2.40 bits per heavy atom. The highest BCUT2D eigenvalue weighted by Crippen LogP contribution is 2.49. The number of urea groups is 2. The van der Waals surface area contributed by atoms with Crippen LogP contribution in [0.1, 0.15) is 43.7 Å². The molecule has 1 N–H and O–H groups in total. The van der Waals surface area contributed by atoms with E-state index in [1.807, 2.05) is 28.9 Å². The molecule has 0 radical (unpaired) electrons. The van der Waals surface area contributed by atoms with Gasteiger partial charge in [-0.25, -0.2) is 9.59 Å². The lowest BCUT2D eigenvalue weighted by Gasteiger charge is -2.44. The Bertz CT molecular complexity index is 1340. The van der Waals surface area contributed by atoms with Gasteiger partial charge in [0.25, 0.3) is 0 Å². The summed E-state index contributed by atoms with van der Waals surface area (Å²) >= 11 is 3.91. The number of piperidine rings is 1. The zero-order valence-corrected chi connectivity index (χ0v) is 24.4. The molecule has 40 heavy (non-hydrogen) atoms. The third kappa shape index (κ3) is 4.55. The first-order valence-electron chi connectivity index (χ1n) is 13.4. The predicted octanol–water partition coefficient (Wildman–Crippen LogP) is 5.26. The normalized spacial score (nSPS) is 19.4. The zero-order valence-electron chi connectivity index (χ0n) is 23.5. The van der Waals surface area contributed by atoms with Crippen LogP contribution in [0.4, 0.5) is 15.3 Å². The van der Waals surface area contributed by atoms with Gasteiger partial charge in [0.05, 0.1) is 39.1 Å². The van der Waals surface area contributed by atoms with Gasteiger partial charge >= 0.3 is 12.1 Å². The smallest absolute Gasteiger partial charge is 0.325 e. The summed E-state index contributed by atoms with van der Waals surface area (Å²) < 4.78 is 21.7. The summed E-state index contributed by atoms with van der Waals surface area (Å²) in [5.74, 6) is 2.48. The van der Waals surface area contributed by atoms with E-state index >= 15 is 0 Å². The van der Waals surface area contributed by atoms with E-state index in [-0.39, 0.29) is 18.0 Å². The molecule has 0 bridgehead atoms. The number of likely N-dealkylation sites (N-methyl/N-ethyl adjacent to an activating group) is 1. The van der Waals surface area contributed by atoms with Gasteiger partial charge in [0, 0.05) is 61.9 Å². The molecule has 0 aromatic heterocycles. The van der Waals surface area contributed by atoms with Crippen LogP contribution in [0, 0.1) is 0 Å². The lowest BCUT2D eigenvalue weighted by molar-refractivity contribution is 0.106. The Balaban J connectivity index is 1.41. The van der Waals surface area contributed by atoms with E-state index in [9.17, 15) is 9.59 Å². The van der Waals surface area contributed by atoms with E-state index in [2.05, 4.69) is 31.2 Å². The lowest BCUT2D eigenvalue weighted by atomic mass is 9.82. The summed E-state index contributed by atoms with van der Waals surface area (Å²) in [5, 5.41) is 2.93. The molecule has 1 spiro atoms. The van der Waals surface area contributed by atoms with Crippen molar-refractivity contribution in [2.75, 3.05) is 46.3 Å². The maximum absolute atomic E-state index is 13.8. The van der Waals surface area contributed by atoms with Crippen LogP contribution in [0.5, 0.6) is 23.0 Å². The number of nitrogens with one attached hydrogen (secondary N) is 1. The molecule has 2 aromatic carbocycles. The summed E-state index contributed by atoms with van der Waals surface area (Å²) in [6, 6.07) is 8.75. The fourth-order valence-corrected chi connectivity index (χ4v) is 6.51. The van der Waals surface area contributed by atoms with E-state index < -0.39 is 5.54 Å². The van der Waals surface area contributed by atoms with Gasteiger partial charge in [0.2, 0.25) is 0 Å². The molecule has 3 aliphatic rings. The molecular formula is C29H36N4O6S. The number of amides is 4. The molecular weight excluding hydrogens is 532 g/mol. The first-order chi connectivity index (χ1) is 19.3. The third-order valence-corrected chi connectivity index (χ3v) is 8.51. The maximum Gasteiger partial charge on any atom is 0.325 e. The number of fused-ring (bicyclic) bond motifs is 3. The number of nitrogens with zero attached hydrogens (tertiary/aromatic N) is 3. The molecule has 214 valence electrons. The lowest BCUT2D eigenvalue weighted by Crippen LogP contribution is -2.55. The van der Waals surface area contributed by atoms with Gasteiger partial charge < -0.3 is 33.5 Å². The number of hydrogen-bond donors (Lipinski definition) is 2. The van der Waals surface area contributed by atoms with Crippen molar-refractivity contribution in [2.24, 2.45) is 0 Å². The van der Waals surface area contributed by atoms with Gasteiger partial charge in [-0.15, -0.1) is 0 Å². The number of methoxy groups -OCH3 is 3. The highest BCUT2D eigenvalue weighted by Gasteiger charge is 2.55. The molecule has 2 fully saturated rings. The second-order valence-corrected chi connectivity index (χ2v) is 10.4. The van der Waals surface area contributed by atoms with E-state index in [4.69, 9.17) is 18.4 Å². The van der Waals surface area contributed by atoms with Crippen molar-refractivity contribution in [1.29, 1.82) is 0 Å². The first-order valence-corrected chi connectivity index (χ1v) is 13.8. The van der Waals surface area contributed by atoms with Crippen molar-refractivity contribution in [3.05, 3.63) is 53.2 Å². The van der Waals surface area contributed by atoms with Crippen LogP contribution in [0.3, 0.4) is 0 Å². The number of anilines is 1. The largest absolute Gasteiger partial charge is 0.497 e. The summed E-state index contributed by atoms with van der Waals surface area (Å²) in [5.41, 5.74) is 3.05. The minimum atomic E-state index is -0.494. The Labute approximate surface area is 240 Å². The van der Waals surface area contributed by atoms with Crippen molar-refractivity contribution in [3.8, 4) is 23.0 Å². The van der Waals surface area contributed by atoms with Gasteiger partial charge in [-0.05, 0) is 43.5 Å². The van der Waals surface area contributed by atoms with Gasteiger partial charge in [-0.2, -0.15) is 0 Å². The first kappa shape index (κ1) is 27.8. The standard InChI is InChI=1S/C29H36N4O6S/c1-6-33-28(35)32-17-19-14-21(37-4)16-24(38-5)26(19)18(2)13-25(32)29(33)9-11-31(12-10-29)27(34)30-22-15-20(36-3)7-8-23(22)39-40/h7-8,13-16,18,40H,6,9-12,17H2,1-5H3,(H,30,34)/t18-/m0/s1. The van der Waals surface area contributed by atoms with Crippen LogP contribution < -0.4 is 23.7 Å². The summed E-state index contributed by atoms with van der Waals surface area (Å²) in [7, 11) is 4.85. The van der Waals surface area contributed by atoms with Crippen molar-refractivity contribution in [3.63, 3.8) is 0 Å². The van der Waals surface area contributed by atoms with Crippen LogP contribution in [-0.4, -0.2) is 73.3 Å². The molecule has 3 heterocycles. The number of rotatable bonds is 6. The minimum absolute atomic E-state index is 0.0135. The van der Waals surface area contributed by atoms with Crippen molar-refractivity contribution < 1.29 is 28.0 Å². The summed E-state index contributed by atoms with van der Waals surface area (Å²) in [6.07, 6.45) is 3.45. The molecule has 0 aliphatic carbocycles. The predicted molar refractivity (Wildman–Crippen MR) is 155 cm³/mol. The molecule has 4 amide bonds. The number of ether oxygens (including phenoxy) is 3. The quantitative estimate of drug-likeness (QED) is 0.365. The third-order valence-electron chi connectivity index (χ3n) is 8.32. The van der Waals surface area contributed by atoms with E-state index in [0.717, 1.165) is 22.6 Å². The fourth-order valence-electron chi connectivity index (χ4n) is 6.35. The molecule has 10 nitrogen and oxygen atoms in total. The topological polar surface area (TPSA) is 92.8 Å². The molecule has 2 saturated heterocycles. The van der Waals surface area contributed by atoms with Crippen molar-refractivity contribution in [1.82, 2.24) is 14.7 Å². The summed E-state index contributed by atoms with van der Waals surface area (Å²) in [6.45, 7) is 6.13. The molecule has 3 aliphatic heterocycles. The Morgan fingerprint density at radius 2 is 1.77 bits per heavy atom. The van der Waals surface area contributed by atoms with Crippen LogP contribution >= 0.6 is 12.9 Å². The number of allylic oxidation sites excluding steroid dienone is 1. The van der Waals surface area contributed by atoms with E-state index in [0.29, 0.717) is 62.0 Å². The average molecular weight is 569 g/mol. The molecule has 2 aromatic rings. The molecule has 5 rings (SSSR count). The number of thiol groups is 1. The molecule has 0 unspecified atom stereocenters. The minimum Gasteiger partial charge on any atom is -0.497 e. The van der Waals surface area contributed by atoms with E-state index in [1.54, 1.807) is 44.4 Å². The second-order valence-electron chi connectivity index (χ2n) is 10.3.